The van der Waals surface area contributed by atoms with Gasteiger partial charge in [0.25, 0.3) is 0 Å². The highest BCUT2D eigenvalue weighted by atomic mass is 16.5. The van der Waals surface area contributed by atoms with E-state index < -0.39 is 0 Å². The summed E-state index contributed by atoms with van der Waals surface area (Å²) in [5.74, 6) is 4.57. The molecular weight excluding hydrogens is 572 g/mol. The van der Waals surface area contributed by atoms with Gasteiger partial charge in [-0.25, -0.2) is 0 Å². The molecule has 0 aliphatic heterocycles. The zero-order valence-electron chi connectivity index (χ0n) is 27.9. The van der Waals surface area contributed by atoms with E-state index in [-0.39, 0.29) is 11.0 Å². The molecule has 0 spiro atoms. The molecule has 0 amide bonds. The number of hydrogen-bond donors (Lipinski definition) is 0. The zero-order chi connectivity index (χ0) is 32.9. The molecule has 4 aromatic carbocycles. The topological polar surface area (TPSA) is 66.6 Å². The molecule has 0 saturated heterocycles. The quantitative estimate of drug-likeness (QED) is 0.165. The van der Waals surface area contributed by atoms with Crippen molar-refractivity contribution in [2.24, 2.45) is 0 Å². The third kappa shape index (κ3) is 8.13. The maximum absolute atomic E-state index is 6.29. The minimum atomic E-state index is -0.300. The van der Waals surface area contributed by atoms with Crippen LogP contribution >= 0.6 is 0 Å². The molecule has 5 aromatic rings. The fourth-order valence-electron chi connectivity index (χ4n) is 4.81. The SMILES string of the molecule is C/C=C/c1cc(Oc2ccc(OC(C)(C)C)c(/C=C/C)c2)ccc1Oc1ccc(-c2nnc(-c3ccc(C(C)(C)C)cc3)o2)cc1. The average molecular weight is 615 g/mol. The molecule has 236 valence electrons. The Morgan fingerprint density at radius 3 is 1.54 bits per heavy atom. The van der Waals surface area contributed by atoms with Crippen LogP contribution in [0.15, 0.2) is 101 Å². The Morgan fingerprint density at radius 1 is 0.565 bits per heavy atom. The molecule has 0 aliphatic rings. The smallest absolute Gasteiger partial charge is 0.248 e. The van der Waals surface area contributed by atoms with Gasteiger partial charge in [0.2, 0.25) is 11.8 Å². The molecule has 6 heteroatoms. The molecule has 6 nitrogen and oxygen atoms in total. The van der Waals surface area contributed by atoms with Gasteiger partial charge >= 0.3 is 0 Å². The third-order valence-electron chi connectivity index (χ3n) is 7.06. The van der Waals surface area contributed by atoms with Crippen LogP contribution in [0.25, 0.3) is 35.1 Å². The van der Waals surface area contributed by atoms with Crippen molar-refractivity contribution >= 4 is 12.2 Å². The fraction of sp³-hybridized carbons (Fsp3) is 0.250. The number of benzene rings is 4. The zero-order valence-corrected chi connectivity index (χ0v) is 27.9. The largest absolute Gasteiger partial charge is 0.488 e. The van der Waals surface area contributed by atoms with Crippen molar-refractivity contribution in [3.63, 3.8) is 0 Å². The van der Waals surface area contributed by atoms with E-state index in [2.05, 4.69) is 43.1 Å². The molecule has 0 unspecified atom stereocenters. The van der Waals surface area contributed by atoms with Crippen LogP contribution in [0.4, 0.5) is 0 Å². The highest BCUT2D eigenvalue weighted by Crippen LogP contribution is 2.35. The molecule has 0 fully saturated rings. The molecule has 0 radical (unpaired) electrons. The van der Waals surface area contributed by atoms with Gasteiger partial charge < -0.3 is 18.6 Å². The first kappa shape index (κ1) is 32.3. The normalized spacial score (nSPS) is 12.2. The maximum atomic E-state index is 6.29. The van der Waals surface area contributed by atoms with Crippen LogP contribution < -0.4 is 14.2 Å². The molecule has 46 heavy (non-hydrogen) atoms. The molecule has 5 rings (SSSR count). The summed E-state index contributed by atoms with van der Waals surface area (Å²) in [7, 11) is 0. The second-order valence-corrected chi connectivity index (χ2v) is 13.1. The predicted molar refractivity (Wildman–Crippen MR) is 187 cm³/mol. The Hall–Kier alpha value is -5.10. The van der Waals surface area contributed by atoms with E-state index in [4.69, 9.17) is 18.6 Å². The number of ether oxygens (including phenoxy) is 3. The number of allylic oxidation sites excluding steroid dienone is 2. The molecule has 1 aromatic heterocycles. The molecule has 1 heterocycles. The Kier molecular flexibility index (Phi) is 9.47. The first-order chi connectivity index (χ1) is 21.9. The van der Waals surface area contributed by atoms with Crippen molar-refractivity contribution in [1.29, 1.82) is 0 Å². The van der Waals surface area contributed by atoms with Crippen molar-refractivity contribution in [2.45, 2.75) is 66.4 Å². The van der Waals surface area contributed by atoms with Gasteiger partial charge in [-0.05, 0) is 118 Å². The first-order valence-corrected chi connectivity index (χ1v) is 15.5. The van der Waals surface area contributed by atoms with E-state index in [0.717, 1.165) is 33.8 Å². The Bertz CT molecular complexity index is 1830. The lowest BCUT2D eigenvalue weighted by atomic mass is 9.87. The van der Waals surface area contributed by atoms with Gasteiger partial charge in [-0.2, -0.15) is 0 Å². The summed E-state index contributed by atoms with van der Waals surface area (Å²) >= 11 is 0. The Labute approximate surface area is 272 Å². The second kappa shape index (κ2) is 13.5. The monoisotopic (exact) mass is 614 g/mol. The van der Waals surface area contributed by atoms with Gasteiger partial charge in [0, 0.05) is 22.3 Å². The minimum Gasteiger partial charge on any atom is -0.488 e. The number of rotatable bonds is 9. The van der Waals surface area contributed by atoms with E-state index in [1.807, 2.05) is 132 Å². The summed E-state index contributed by atoms with van der Waals surface area (Å²) in [6.45, 7) is 16.6. The number of nitrogens with zero attached hydrogens (tertiary/aromatic N) is 2. The number of hydrogen-bond acceptors (Lipinski definition) is 6. The third-order valence-corrected chi connectivity index (χ3v) is 7.06. The van der Waals surface area contributed by atoms with Crippen molar-refractivity contribution in [1.82, 2.24) is 10.2 Å². The minimum absolute atomic E-state index is 0.0805. The summed E-state index contributed by atoms with van der Waals surface area (Å²) in [6, 6.07) is 27.5. The summed E-state index contributed by atoms with van der Waals surface area (Å²) in [5, 5.41) is 8.55. The standard InChI is InChI=1S/C40H42N2O4/c1-9-11-29-25-33(43-34-22-24-36(46-40(6,7)8)30(26-34)12-10-2)21-23-35(29)44-32-19-15-28(16-20-32)38-42-41-37(45-38)27-13-17-31(18-14-27)39(3,4)5/h9-26H,1-8H3/b11-9+,12-10+. The van der Waals surface area contributed by atoms with Crippen molar-refractivity contribution < 1.29 is 18.6 Å². The molecule has 0 aliphatic carbocycles. The van der Waals surface area contributed by atoms with Crippen LogP contribution in [-0.2, 0) is 5.41 Å². The fourth-order valence-corrected chi connectivity index (χ4v) is 4.81. The van der Waals surface area contributed by atoms with Gasteiger partial charge in [0.15, 0.2) is 0 Å². The lowest BCUT2D eigenvalue weighted by Gasteiger charge is -2.23. The highest BCUT2D eigenvalue weighted by Gasteiger charge is 2.17. The van der Waals surface area contributed by atoms with Gasteiger partial charge in [-0.15, -0.1) is 10.2 Å². The van der Waals surface area contributed by atoms with Crippen LogP contribution in [0.3, 0.4) is 0 Å². The molecular formula is C40H42N2O4. The van der Waals surface area contributed by atoms with Crippen molar-refractivity contribution in [2.75, 3.05) is 0 Å². The summed E-state index contributed by atoms with van der Waals surface area (Å²) in [4.78, 5) is 0. The van der Waals surface area contributed by atoms with Crippen LogP contribution in [0.5, 0.6) is 28.7 Å². The van der Waals surface area contributed by atoms with Gasteiger partial charge in [0.1, 0.15) is 34.3 Å². The van der Waals surface area contributed by atoms with Gasteiger partial charge in [-0.1, -0.05) is 57.2 Å². The Balaban J connectivity index is 1.30. The first-order valence-electron chi connectivity index (χ1n) is 15.5. The van der Waals surface area contributed by atoms with Crippen LogP contribution in [0, 0.1) is 0 Å². The summed E-state index contributed by atoms with van der Waals surface area (Å²) in [5.41, 5.74) is 4.58. The second-order valence-electron chi connectivity index (χ2n) is 13.1. The van der Waals surface area contributed by atoms with E-state index in [0.29, 0.717) is 29.0 Å². The molecule has 0 N–H and O–H groups in total. The maximum Gasteiger partial charge on any atom is 0.248 e. The van der Waals surface area contributed by atoms with Crippen molar-refractivity contribution in [3.05, 3.63) is 114 Å². The molecule has 0 saturated carbocycles. The molecule has 0 atom stereocenters. The lowest BCUT2D eigenvalue weighted by Crippen LogP contribution is -2.23. The van der Waals surface area contributed by atoms with E-state index in [1.165, 1.54) is 5.56 Å². The van der Waals surface area contributed by atoms with E-state index in [9.17, 15) is 0 Å². The number of aromatic nitrogens is 2. The Morgan fingerprint density at radius 2 is 1.04 bits per heavy atom. The lowest BCUT2D eigenvalue weighted by molar-refractivity contribution is 0.130. The van der Waals surface area contributed by atoms with Crippen LogP contribution in [0.1, 0.15) is 72.1 Å². The molecule has 0 bridgehead atoms. The van der Waals surface area contributed by atoms with E-state index in [1.54, 1.807) is 0 Å². The van der Waals surface area contributed by atoms with Gasteiger partial charge in [0.05, 0.1) is 0 Å². The predicted octanol–water partition coefficient (Wildman–Crippen LogP) is 11.5. The highest BCUT2D eigenvalue weighted by molar-refractivity contribution is 5.63. The summed E-state index contributed by atoms with van der Waals surface area (Å²) < 4.78 is 24.7. The summed E-state index contributed by atoms with van der Waals surface area (Å²) in [6.07, 6.45) is 7.98. The van der Waals surface area contributed by atoms with Crippen molar-refractivity contribution in [3.8, 4) is 51.7 Å². The average Bonchev–Trinajstić information content (AvgIpc) is 3.50. The van der Waals surface area contributed by atoms with Gasteiger partial charge in [-0.3, -0.25) is 0 Å². The van der Waals surface area contributed by atoms with Crippen LogP contribution in [-0.4, -0.2) is 15.8 Å². The van der Waals surface area contributed by atoms with E-state index >= 15 is 0 Å². The van der Waals surface area contributed by atoms with Crippen LogP contribution in [0.2, 0.25) is 0 Å².